The molecule has 20 heavy (non-hydrogen) atoms. The minimum atomic E-state index is 0.0460. The number of nitrogens with one attached hydrogen (secondary N) is 1. The van der Waals surface area contributed by atoms with Gasteiger partial charge in [-0.3, -0.25) is 4.79 Å². The summed E-state index contributed by atoms with van der Waals surface area (Å²) in [7, 11) is 0. The summed E-state index contributed by atoms with van der Waals surface area (Å²) >= 11 is 0. The minimum absolute atomic E-state index is 0.0460. The molecule has 0 heterocycles. The van der Waals surface area contributed by atoms with E-state index >= 15 is 0 Å². The fraction of sp³-hybridized carbons (Fsp3) is 0.588. The van der Waals surface area contributed by atoms with Crippen LogP contribution in [0.5, 0.6) is 5.75 Å². The molecule has 0 bridgehead atoms. The lowest BCUT2D eigenvalue weighted by molar-refractivity contribution is -0.125. The zero-order chi connectivity index (χ0) is 14.5. The molecule has 1 aromatic rings. The van der Waals surface area contributed by atoms with Crippen molar-refractivity contribution in [2.24, 2.45) is 5.92 Å². The quantitative estimate of drug-likeness (QED) is 0.894. The Morgan fingerprint density at radius 1 is 1.30 bits per heavy atom. The number of benzene rings is 1. The van der Waals surface area contributed by atoms with Gasteiger partial charge >= 0.3 is 0 Å². The summed E-state index contributed by atoms with van der Waals surface area (Å²) in [5.41, 5.74) is 2.49. The molecule has 0 saturated heterocycles. The van der Waals surface area contributed by atoms with Crippen LogP contribution in [0.25, 0.3) is 0 Å². The van der Waals surface area contributed by atoms with Crippen molar-refractivity contribution < 1.29 is 9.53 Å². The predicted octanol–water partition coefficient (Wildman–Crippen LogP) is 3.38. The van der Waals surface area contributed by atoms with Crippen molar-refractivity contribution in [3.05, 3.63) is 29.3 Å². The summed E-state index contributed by atoms with van der Waals surface area (Å²) < 4.78 is 5.75. The molecule has 3 heteroatoms. The fourth-order valence-corrected chi connectivity index (χ4v) is 2.62. The molecule has 1 fully saturated rings. The van der Waals surface area contributed by atoms with Gasteiger partial charge in [-0.05, 0) is 56.9 Å². The van der Waals surface area contributed by atoms with Gasteiger partial charge < -0.3 is 10.1 Å². The van der Waals surface area contributed by atoms with Gasteiger partial charge in [0.05, 0.1) is 6.04 Å². The van der Waals surface area contributed by atoms with Gasteiger partial charge in [0.1, 0.15) is 12.4 Å². The number of aryl methyl sites for hydroxylation is 2. The average molecular weight is 275 g/mol. The highest BCUT2D eigenvalue weighted by Crippen LogP contribution is 2.24. The van der Waals surface area contributed by atoms with Crippen LogP contribution in [0.2, 0.25) is 0 Å². The lowest BCUT2D eigenvalue weighted by Crippen LogP contribution is -2.39. The van der Waals surface area contributed by atoms with E-state index in [1.807, 2.05) is 19.1 Å². The topological polar surface area (TPSA) is 38.3 Å². The molecule has 1 unspecified atom stereocenters. The first-order valence-electron chi connectivity index (χ1n) is 7.56. The molecule has 110 valence electrons. The first-order valence-corrected chi connectivity index (χ1v) is 7.56. The van der Waals surface area contributed by atoms with E-state index in [0.717, 1.165) is 18.6 Å². The zero-order valence-electron chi connectivity index (χ0n) is 12.7. The third-order valence-electron chi connectivity index (χ3n) is 4.09. The molecule has 0 aliphatic heterocycles. The molecule has 2 rings (SSSR count). The third kappa shape index (κ3) is 3.99. The molecule has 3 nitrogen and oxygen atoms in total. The van der Waals surface area contributed by atoms with Crippen LogP contribution in [-0.2, 0) is 4.79 Å². The van der Waals surface area contributed by atoms with Gasteiger partial charge in [0.15, 0.2) is 0 Å². The summed E-state index contributed by atoms with van der Waals surface area (Å²) in [6, 6.07) is 6.13. The molecule has 0 spiro atoms. The zero-order valence-corrected chi connectivity index (χ0v) is 12.7. The Balaban J connectivity index is 1.78. The summed E-state index contributed by atoms with van der Waals surface area (Å²) in [6.45, 7) is 6.67. The molecule has 1 saturated carbocycles. The molecule has 1 N–H and O–H groups in total. The first kappa shape index (κ1) is 14.9. The summed E-state index contributed by atoms with van der Waals surface area (Å²) in [4.78, 5) is 12.0. The second kappa shape index (κ2) is 6.78. The molecule has 1 amide bonds. The van der Waals surface area contributed by atoms with Gasteiger partial charge in [-0.2, -0.15) is 0 Å². The van der Waals surface area contributed by atoms with Gasteiger partial charge in [0.25, 0.3) is 0 Å². The number of hydrogen-bond acceptors (Lipinski definition) is 2. The Hall–Kier alpha value is -1.51. The summed E-state index contributed by atoms with van der Waals surface area (Å²) in [5, 5.41) is 3.05. The van der Waals surface area contributed by atoms with Crippen molar-refractivity contribution in [3.63, 3.8) is 0 Å². The smallest absolute Gasteiger partial charge is 0.223 e. The predicted molar refractivity (Wildman–Crippen MR) is 81.0 cm³/mol. The Bertz CT molecular complexity index is 464. The maximum atomic E-state index is 12.0. The van der Waals surface area contributed by atoms with Crippen molar-refractivity contribution in [1.29, 1.82) is 0 Å². The van der Waals surface area contributed by atoms with E-state index in [1.165, 1.54) is 24.0 Å². The number of amides is 1. The van der Waals surface area contributed by atoms with E-state index < -0.39 is 0 Å². The standard InChI is InChI=1S/C17H25NO2/c1-12-8-9-16(10-13(12)2)20-11-14(3)18-17(19)15-6-4-5-7-15/h8-10,14-15H,4-7,11H2,1-3H3,(H,18,19). The van der Waals surface area contributed by atoms with Crippen molar-refractivity contribution >= 4 is 5.91 Å². The van der Waals surface area contributed by atoms with Crippen molar-refractivity contribution in [2.45, 2.75) is 52.5 Å². The number of ether oxygens (including phenoxy) is 1. The Kier molecular flexibility index (Phi) is 5.05. The summed E-state index contributed by atoms with van der Waals surface area (Å²) in [5.74, 6) is 1.29. The van der Waals surface area contributed by atoms with Gasteiger partial charge in [-0.25, -0.2) is 0 Å². The number of hydrogen-bond donors (Lipinski definition) is 1. The van der Waals surface area contributed by atoms with Crippen LogP contribution in [-0.4, -0.2) is 18.6 Å². The van der Waals surface area contributed by atoms with E-state index in [2.05, 4.69) is 25.2 Å². The molecular weight excluding hydrogens is 250 g/mol. The molecular formula is C17H25NO2. The third-order valence-corrected chi connectivity index (χ3v) is 4.09. The average Bonchev–Trinajstić information content (AvgIpc) is 2.94. The Morgan fingerprint density at radius 2 is 2.00 bits per heavy atom. The van der Waals surface area contributed by atoms with E-state index in [0.29, 0.717) is 6.61 Å². The Labute approximate surface area is 121 Å². The number of carbonyl (C=O) groups excluding carboxylic acids is 1. The largest absolute Gasteiger partial charge is 0.491 e. The van der Waals surface area contributed by atoms with Crippen molar-refractivity contribution in [2.75, 3.05) is 6.61 Å². The molecule has 1 aliphatic rings. The Morgan fingerprint density at radius 3 is 2.65 bits per heavy atom. The lowest BCUT2D eigenvalue weighted by Gasteiger charge is -2.18. The second-order valence-electron chi connectivity index (χ2n) is 5.95. The van der Waals surface area contributed by atoms with Gasteiger partial charge in [-0.1, -0.05) is 18.9 Å². The van der Waals surface area contributed by atoms with E-state index in [1.54, 1.807) is 0 Å². The normalized spacial score (nSPS) is 16.9. The molecule has 1 atom stereocenters. The number of carbonyl (C=O) groups is 1. The van der Waals surface area contributed by atoms with Crippen molar-refractivity contribution in [3.8, 4) is 5.75 Å². The second-order valence-corrected chi connectivity index (χ2v) is 5.95. The lowest BCUT2D eigenvalue weighted by atomic mass is 10.1. The van der Waals surface area contributed by atoms with E-state index in [4.69, 9.17) is 4.74 Å². The van der Waals surface area contributed by atoms with Crippen LogP contribution in [0, 0.1) is 19.8 Å². The van der Waals surface area contributed by atoms with Gasteiger partial charge in [0.2, 0.25) is 5.91 Å². The fourth-order valence-electron chi connectivity index (χ4n) is 2.62. The van der Waals surface area contributed by atoms with E-state index in [9.17, 15) is 4.79 Å². The maximum absolute atomic E-state index is 12.0. The minimum Gasteiger partial charge on any atom is -0.491 e. The first-order chi connectivity index (χ1) is 9.56. The van der Waals surface area contributed by atoms with Crippen LogP contribution in [0.4, 0.5) is 0 Å². The summed E-state index contributed by atoms with van der Waals surface area (Å²) in [6.07, 6.45) is 4.45. The van der Waals surface area contributed by atoms with Crippen LogP contribution >= 0.6 is 0 Å². The molecule has 0 aromatic heterocycles. The van der Waals surface area contributed by atoms with E-state index in [-0.39, 0.29) is 17.9 Å². The maximum Gasteiger partial charge on any atom is 0.223 e. The van der Waals surface area contributed by atoms with Crippen molar-refractivity contribution in [1.82, 2.24) is 5.32 Å². The molecule has 1 aliphatic carbocycles. The molecule has 0 radical (unpaired) electrons. The highest BCUT2D eigenvalue weighted by Gasteiger charge is 2.23. The number of rotatable bonds is 5. The van der Waals surface area contributed by atoms with Gasteiger partial charge in [0, 0.05) is 5.92 Å². The van der Waals surface area contributed by atoms with Gasteiger partial charge in [-0.15, -0.1) is 0 Å². The highest BCUT2D eigenvalue weighted by molar-refractivity contribution is 5.79. The van der Waals surface area contributed by atoms with Crippen LogP contribution in [0.1, 0.15) is 43.7 Å². The van der Waals surface area contributed by atoms with Crippen LogP contribution < -0.4 is 10.1 Å². The van der Waals surface area contributed by atoms with Crippen LogP contribution in [0.3, 0.4) is 0 Å². The molecule has 1 aromatic carbocycles. The highest BCUT2D eigenvalue weighted by atomic mass is 16.5. The SMILES string of the molecule is Cc1ccc(OCC(C)NC(=O)C2CCCC2)cc1C. The monoisotopic (exact) mass is 275 g/mol. The van der Waals surface area contributed by atoms with Crippen LogP contribution in [0.15, 0.2) is 18.2 Å².